The first-order valence-corrected chi connectivity index (χ1v) is 9.61. The van der Waals surface area contributed by atoms with Gasteiger partial charge in [0, 0.05) is 37.1 Å². The average Bonchev–Trinajstić information content (AvgIpc) is 2.69. The van der Waals surface area contributed by atoms with Gasteiger partial charge in [0.05, 0.1) is 5.69 Å². The third-order valence-corrected chi connectivity index (χ3v) is 5.12. The number of nitrogens with one attached hydrogen (secondary N) is 1. The zero-order valence-electron chi connectivity index (χ0n) is 15.6. The molecule has 4 rings (SSSR count). The predicted molar refractivity (Wildman–Crippen MR) is 111 cm³/mol. The van der Waals surface area contributed by atoms with Gasteiger partial charge in [-0.15, -0.1) is 0 Å². The Bertz CT molecular complexity index is 1040. The van der Waals surface area contributed by atoms with Crippen LogP contribution in [0.1, 0.15) is 18.4 Å². The Morgan fingerprint density at radius 3 is 2.75 bits per heavy atom. The lowest BCUT2D eigenvalue weighted by molar-refractivity contribution is 0.240. The Morgan fingerprint density at radius 1 is 1.11 bits per heavy atom. The Labute approximate surface area is 163 Å². The number of anilines is 1. The van der Waals surface area contributed by atoms with Crippen molar-refractivity contribution >= 4 is 22.7 Å². The van der Waals surface area contributed by atoms with Gasteiger partial charge in [0.15, 0.2) is 0 Å². The van der Waals surface area contributed by atoms with E-state index >= 15 is 0 Å². The number of rotatable bonds is 5. The number of fused-ring (bicyclic) bond motifs is 1. The van der Waals surface area contributed by atoms with E-state index in [9.17, 15) is 9.18 Å². The molecule has 1 N–H and O–H groups in total. The molecule has 3 aromatic rings. The predicted octanol–water partition coefficient (Wildman–Crippen LogP) is 4.52. The van der Waals surface area contributed by atoms with Gasteiger partial charge in [-0.05, 0) is 42.7 Å². The largest absolute Gasteiger partial charge is 0.423 e. The van der Waals surface area contributed by atoms with Crippen molar-refractivity contribution in [2.45, 2.75) is 18.9 Å². The molecule has 0 amide bonds. The van der Waals surface area contributed by atoms with Crippen molar-refractivity contribution in [2.24, 2.45) is 0 Å². The van der Waals surface area contributed by atoms with Crippen LogP contribution in [0.15, 0.2) is 69.9 Å². The minimum atomic E-state index is -0.332. The van der Waals surface area contributed by atoms with Crippen LogP contribution in [0.25, 0.3) is 17.0 Å². The maximum absolute atomic E-state index is 13.2. The van der Waals surface area contributed by atoms with Crippen molar-refractivity contribution in [1.29, 1.82) is 0 Å². The minimum Gasteiger partial charge on any atom is -0.423 e. The molecule has 0 spiro atoms. The van der Waals surface area contributed by atoms with Gasteiger partial charge in [0.2, 0.25) is 0 Å². The first-order chi connectivity index (χ1) is 13.7. The monoisotopic (exact) mass is 378 g/mol. The fraction of sp³-hybridized carbons (Fsp3) is 0.261. The summed E-state index contributed by atoms with van der Waals surface area (Å²) in [6.45, 7) is 2.80. The molecule has 5 heteroatoms. The van der Waals surface area contributed by atoms with E-state index in [0.29, 0.717) is 11.6 Å². The first kappa shape index (κ1) is 18.4. The van der Waals surface area contributed by atoms with E-state index in [1.807, 2.05) is 36.4 Å². The molecule has 1 aromatic heterocycles. The van der Waals surface area contributed by atoms with Crippen LogP contribution in [-0.2, 0) is 0 Å². The van der Waals surface area contributed by atoms with Crippen LogP contribution >= 0.6 is 0 Å². The summed E-state index contributed by atoms with van der Waals surface area (Å²) >= 11 is 0. The van der Waals surface area contributed by atoms with Crippen LogP contribution in [0.2, 0.25) is 0 Å². The molecule has 0 bridgehead atoms. The van der Waals surface area contributed by atoms with Crippen LogP contribution < -0.4 is 10.9 Å². The molecule has 28 heavy (non-hydrogen) atoms. The first-order valence-electron chi connectivity index (χ1n) is 9.61. The molecule has 1 aliphatic heterocycles. The number of piperidine rings is 1. The summed E-state index contributed by atoms with van der Waals surface area (Å²) in [5.41, 5.74) is 2.00. The van der Waals surface area contributed by atoms with Crippen LogP contribution in [0.5, 0.6) is 0 Å². The summed E-state index contributed by atoms with van der Waals surface area (Å²) in [6.07, 6.45) is 6.05. The van der Waals surface area contributed by atoms with Gasteiger partial charge in [0.1, 0.15) is 11.4 Å². The standard InChI is InChI=1S/C23H23FN2O2/c24-18-7-3-5-17(15-18)6-4-12-26-13-10-19(11-14-26)25-21-16-23(27)28-22-9-2-1-8-20(21)22/h1-9,15-16,19,25H,10-14H2/b6-4+. The number of nitrogens with zero attached hydrogens (tertiary/aromatic N) is 1. The van der Waals surface area contributed by atoms with Crippen molar-refractivity contribution in [2.75, 3.05) is 25.0 Å². The highest BCUT2D eigenvalue weighted by molar-refractivity contribution is 5.89. The number of halogens is 1. The molecule has 2 heterocycles. The molecule has 0 saturated carbocycles. The molecular formula is C23H23FN2O2. The average molecular weight is 378 g/mol. The molecular weight excluding hydrogens is 355 g/mol. The molecule has 1 fully saturated rings. The van der Waals surface area contributed by atoms with E-state index < -0.39 is 0 Å². The van der Waals surface area contributed by atoms with Crippen molar-refractivity contribution in [3.63, 3.8) is 0 Å². The van der Waals surface area contributed by atoms with Crippen LogP contribution in [0.4, 0.5) is 10.1 Å². The number of hydrogen-bond acceptors (Lipinski definition) is 4. The highest BCUT2D eigenvalue weighted by Gasteiger charge is 2.19. The molecule has 1 saturated heterocycles. The van der Waals surface area contributed by atoms with Gasteiger partial charge in [0.25, 0.3) is 0 Å². The number of benzene rings is 2. The van der Waals surface area contributed by atoms with Gasteiger partial charge < -0.3 is 9.73 Å². The summed E-state index contributed by atoms with van der Waals surface area (Å²) in [5.74, 6) is -0.212. The zero-order valence-corrected chi connectivity index (χ0v) is 15.6. The smallest absolute Gasteiger partial charge is 0.338 e. The van der Waals surface area contributed by atoms with Crippen molar-refractivity contribution < 1.29 is 8.81 Å². The van der Waals surface area contributed by atoms with Crippen molar-refractivity contribution in [3.8, 4) is 0 Å². The molecule has 144 valence electrons. The van der Waals surface area contributed by atoms with Crippen molar-refractivity contribution in [3.05, 3.63) is 82.5 Å². The van der Waals surface area contributed by atoms with Crippen LogP contribution in [-0.4, -0.2) is 30.6 Å². The molecule has 0 unspecified atom stereocenters. The van der Waals surface area contributed by atoms with E-state index in [-0.39, 0.29) is 11.4 Å². The van der Waals surface area contributed by atoms with E-state index in [1.54, 1.807) is 6.07 Å². The van der Waals surface area contributed by atoms with Crippen LogP contribution in [0, 0.1) is 5.82 Å². The lowest BCUT2D eigenvalue weighted by Gasteiger charge is -2.32. The molecule has 2 aromatic carbocycles. The summed E-state index contributed by atoms with van der Waals surface area (Å²) in [6, 6.07) is 16.1. The minimum absolute atomic E-state index is 0.212. The number of hydrogen-bond donors (Lipinski definition) is 1. The van der Waals surface area contributed by atoms with Gasteiger partial charge in [-0.25, -0.2) is 9.18 Å². The number of likely N-dealkylation sites (tertiary alicyclic amines) is 1. The second-order valence-electron chi connectivity index (χ2n) is 7.15. The Morgan fingerprint density at radius 2 is 1.93 bits per heavy atom. The Hall–Kier alpha value is -2.92. The molecule has 0 aliphatic carbocycles. The summed E-state index contributed by atoms with van der Waals surface area (Å²) in [5, 5.41) is 4.46. The van der Waals surface area contributed by atoms with Crippen molar-refractivity contribution in [1.82, 2.24) is 4.90 Å². The Kier molecular flexibility index (Phi) is 5.53. The van der Waals surface area contributed by atoms with Gasteiger partial charge in [-0.3, -0.25) is 4.90 Å². The summed E-state index contributed by atoms with van der Waals surface area (Å²) < 4.78 is 18.5. The normalized spacial score (nSPS) is 16.0. The fourth-order valence-electron chi connectivity index (χ4n) is 3.66. The zero-order chi connectivity index (χ0) is 19.3. The lowest BCUT2D eigenvalue weighted by atomic mass is 10.0. The third kappa shape index (κ3) is 4.49. The van der Waals surface area contributed by atoms with Gasteiger partial charge in [-0.1, -0.05) is 36.4 Å². The van der Waals surface area contributed by atoms with E-state index in [2.05, 4.69) is 16.3 Å². The van der Waals surface area contributed by atoms with E-state index in [0.717, 1.165) is 49.1 Å². The molecule has 0 atom stereocenters. The topological polar surface area (TPSA) is 45.5 Å². The van der Waals surface area contributed by atoms with E-state index in [4.69, 9.17) is 4.42 Å². The second-order valence-corrected chi connectivity index (χ2v) is 7.15. The highest BCUT2D eigenvalue weighted by Crippen LogP contribution is 2.24. The number of para-hydroxylation sites is 1. The SMILES string of the molecule is O=c1cc(NC2CCN(C/C=C/c3cccc(F)c3)CC2)c2ccccc2o1. The summed E-state index contributed by atoms with van der Waals surface area (Å²) in [4.78, 5) is 14.2. The van der Waals surface area contributed by atoms with Gasteiger partial charge in [-0.2, -0.15) is 0 Å². The lowest BCUT2D eigenvalue weighted by Crippen LogP contribution is -2.39. The third-order valence-electron chi connectivity index (χ3n) is 5.12. The fourth-order valence-corrected chi connectivity index (χ4v) is 3.66. The van der Waals surface area contributed by atoms with Crippen LogP contribution in [0.3, 0.4) is 0 Å². The second kappa shape index (κ2) is 8.40. The van der Waals surface area contributed by atoms with Gasteiger partial charge >= 0.3 is 5.63 Å². The maximum Gasteiger partial charge on any atom is 0.338 e. The molecule has 0 radical (unpaired) electrons. The van der Waals surface area contributed by atoms with E-state index in [1.165, 1.54) is 18.2 Å². The molecule has 4 nitrogen and oxygen atoms in total. The summed E-state index contributed by atoms with van der Waals surface area (Å²) in [7, 11) is 0. The molecule has 1 aliphatic rings. The Balaban J connectivity index is 1.33. The quantitative estimate of drug-likeness (QED) is 0.663. The maximum atomic E-state index is 13.2. The highest BCUT2D eigenvalue weighted by atomic mass is 19.1.